The molecule has 12 heteroatoms. The van der Waals surface area contributed by atoms with Crippen molar-refractivity contribution in [3.63, 3.8) is 0 Å². The van der Waals surface area contributed by atoms with Crippen LogP contribution in [0.4, 0.5) is 26.3 Å². The number of nitrogens with one attached hydrogen (secondary N) is 3. The van der Waals surface area contributed by atoms with Crippen LogP contribution in [0.5, 0.6) is 0 Å². The lowest BCUT2D eigenvalue weighted by Gasteiger charge is -2.30. The lowest BCUT2D eigenvalue weighted by molar-refractivity contribution is -0.143. The fraction of sp³-hybridized carbons (Fsp3) is 0.652. The van der Waals surface area contributed by atoms with E-state index >= 15 is 0 Å². The monoisotopic (exact) mass is 508 g/mol. The molecule has 1 aliphatic carbocycles. The average molecular weight is 509 g/mol. The highest BCUT2D eigenvalue weighted by Gasteiger charge is 2.37. The topological polar surface area (TPSA) is 73.5 Å². The summed E-state index contributed by atoms with van der Waals surface area (Å²) in [4.78, 5) is 24.4. The summed E-state index contributed by atoms with van der Waals surface area (Å²) in [7, 11) is 0. The first-order valence-corrected chi connectivity index (χ1v) is 11.8. The maximum absolute atomic E-state index is 13.0. The quantitative estimate of drug-likeness (QED) is 0.485. The van der Waals surface area contributed by atoms with Crippen LogP contribution in [0.15, 0.2) is 18.2 Å². The predicted octanol–water partition coefficient (Wildman–Crippen LogP) is 4.12. The molecule has 0 bridgehead atoms. The molecule has 0 atom stereocenters. The number of amides is 2. The summed E-state index contributed by atoms with van der Waals surface area (Å²) in [5.74, 6) is -1.02. The molecule has 1 aromatic carbocycles. The molecule has 2 aliphatic rings. The van der Waals surface area contributed by atoms with Crippen molar-refractivity contribution in [1.29, 1.82) is 0 Å². The van der Waals surface area contributed by atoms with Crippen LogP contribution in [0.1, 0.15) is 66.4 Å². The van der Waals surface area contributed by atoms with E-state index in [4.69, 9.17) is 0 Å². The van der Waals surface area contributed by atoms with E-state index < -0.39 is 35.0 Å². The Kier molecular flexibility index (Phi) is 9.03. The van der Waals surface area contributed by atoms with Gasteiger partial charge in [-0.3, -0.25) is 15.0 Å². The van der Waals surface area contributed by atoms with Gasteiger partial charge in [0, 0.05) is 31.2 Å². The Bertz CT molecular complexity index is 843. The first-order valence-electron chi connectivity index (χ1n) is 11.8. The lowest BCUT2D eigenvalue weighted by atomic mass is 9.86. The Balaban J connectivity index is 1.44. The Morgan fingerprint density at radius 1 is 0.857 bits per heavy atom. The van der Waals surface area contributed by atoms with Gasteiger partial charge in [-0.2, -0.15) is 26.3 Å². The van der Waals surface area contributed by atoms with Gasteiger partial charge in [0.05, 0.1) is 17.7 Å². The highest BCUT2D eigenvalue weighted by atomic mass is 19.4. The van der Waals surface area contributed by atoms with Crippen molar-refractivity contribution in [3.8, 4) is 0 Å². The Morgan fingerprint density at radius 3 is 1.97 bits per heavy atom. The summed E-state index contributed by atoms with van der Waals surface area (Å²) in [6.45, 7) is 2.04. The molecule has 1 aliphatic heterocycles. The summed E-state index contributed by atoms with van der Waals surface area (Å²) in [6, 6.07) is 0.991. The van der Waals surface area contributed by atoms with Gasteiger partial charge < -0.3 is 10.6 Å². The number of nitrogens with zero attached hydrogens (tertiary/aromatic N) is 1. The maximum Gasteiger partial charge on any atom is 0.416 e. The minimum atomic E-state index is -5.01. The number of piperidine rings is 1. The van der Waals surface area contributed by atoms with Crippen LogP contribution in [0.2, 0.25) is 0 Å². The van der Waals surface area contributed by atoms with Crippen LogP contribution < -0.4 is 16.1 Å². The van der Waals surface area contributed by atoms with E-state index in [0.29, 0.717) is 25.0 Å². The molecule has 2 amide bonds. The van der Waals surface area contributed by atoms with Gasteiger partial charge in [-0.1, -0.05) is 6.42 Å². The number of hydrazine groups is 1. The fourth-order valence-electron chi connectivity index (χ4n) is 4.45. The van der Waals surface area contributed by atoms with Gasteiger partial charge in [0.2, 0.25) is 5.91 Å². The van der Waals surface area contributed by atoms with E-state index in [9.17, 15) is 35.9 Å². The largest absolute Gasteiger partial charge is 0.416 e. The second-order valence-corrected chi connectivity index (χ2v) is 9.19. The number of alkyl halides is 6. The average Bonchev–Trinajstić information content (AvgIpc) is 2.81. The minimum Gasteiger partial charge on any atom is -0.352 e. The van der Waals surface area contributed by atoms with Crippen LogP contribution in [0, 0.1) is 5.92 Å². The summed E-state index contributed by atoms with van der Waals surface area (Å²) in [5, 5.41) is 7.62. The molecule has 6 nitrogen and oxygen atoms in total. The zero-order valence-electron chi connectivity index (χ0n) is 19.2. The zero-order chi connectivity index (χ0) is 25.6. The van der Waals surface area contributed by atoms with Crippen molar-refractivity contribution in [2.75, 3.05) is 26.2 Å². The van der Waals surface area contributed by atoms with Gasteiger partial charge >= 0.3 is 12.4 Å². The maximum atomic E-state index is 13.0. The summed E-state index contributed by atoms with van der Waals surface area (Å²) in [6.07, 6.45) is -3.80. The molecule has 3 N–H and O–H groups in total. The van der Waals surface area contributed by atoms with Gasteiger partial charge in [-0.25, -0.2) is 5.01 Å². The molecular weight excluding hydrogens is 478 g/mol. The van der Waals surface area contributed by atoms with Gasteiger partial charge in [-0.15, -0.1) is 0 Å². The molecule has 35 heavy (non-hydrogen) atoms. The Hall–Kier alpha value is -2.34. The van der Waals surface area contributed by atoms with Gasteiger partial charge in [0.15, 0.2) is 0 Å². The van der Waals surface area contributed by atoms with Crippen molar-refractivity contribution in [1.82, 2.24) is 21.1 Å². The standard InChI is InChI=1S/C23H30F6N4O2/c24-22(25,26)17-10-16(11-18(12-17)23(27,28)29)21(35)31-13-15-4-6-19(7-5-15)30-14-20(34)32-33-8-2-1-3-9-33/h10-12,15,19,30H,1-9,13-14H2,(H,31,35)(H,32,34)/t15-,19-. The molecule has 0 unspecified atom stereocenters. The second kappa shape index (κ2) is 11.6. The fourth-order valence-corrected chi connectivity index (χ4v) is 4.45. The Labute approximate surface area is 199 Å². The number of carbonyl (C=O) groups excluding carboxylic acids is 2. The molecular formula is C23H30F6N4O2. The van der Waals surface area contributed by atoms with Crippen molar-refractivity contribution < 1.29 is 35.9 Å². The van der Waals surface area contributed by atoms with Gasteiger partial charge in [0.1, 0.15) is 0 Å². The molecule has 1 saturated heterocycles. The molecule has 196 valence electrons. The van der Waals surface area contributed by atoms with E-state index in [2.05, 4.69) is 16.1 Å². The predicted molar refractivity (Wildman–Crippen MR) is 116 cm³/mol. The molecule has 2 fully saturated rings. The number of benzene rings is 1. The summed E-state index contributed by atoms with van der Waals surface area (Å²) >= 11 is 0. The smallest absolute Gasteiger partial charge is 0.352 e. The van der Waals surface area contributed by atoms with E-state index in [1.165, 1.54) is 6.42 Å². The number of halogens is 6. The SMILES string of the molecule is O=C(CN[C@H]1CC[C@H](CNC(=O)c2cc(C(F)(F)F)cc(C(F)(F)F)c2)CC1)NN1CCCCC1. The molecule has 1 heterocycles. The first kappa shape index (κ1) is 27.3. The highest BCUT2D eigenvalue weighted by Crippen LogP contribution is 2.36. The van der Waals surface area contributed by atoms with E-state index in [1.54, 1.807) is 0 Å². The molecule has 1 saturated carbocycles. The molecule has 3 rings (SSSR count). The highest BCUT2D eigenvalue weighted by molar-refractivity contribution is 5.94. The molecule has 0 aromatic heterocycles. The van der Waals surface area contributed by atoms with Gasteiger partial charge in [-0.05, 0) is 62.6 Å². The number of carbonyl (C=O) groups is 2. The molecule has 0 radical (unpaired) electrons. The third-order valence-electron chi connectivity index (χ3n) is 6.44. The number of hydrogen-bond donors (Lipinski definition) is 3. The lowest BCUT2D eigenvalue weighted by Crippen LogP contribution is -2.49. The van der Waals surface area contributed by atoms with Crippen LogP contribution in [0.3, 0.4) is 0 Å². The number of hydrogen-bond acceptors (Lipinski definition) is 4. The van der Waals surface area contributed by atoms with E-state index in [0.717, 1.165) is 38.8 Å². The van der Waals surface area contributed by atoms with Crippen LogP contribution in [-0.4, -0.2) is 49.0 Å². The van der Waals surface area contributed by atoms with E-state index in [1.807, 2.05) is 5.01 Å². The first-order chi connectivity index (χ1) is 16.4. The molecule has 0 spiro atoms. The minimum absolute atomic E-state index is 0.00213. The third-order valence-corrected chi connectivity index (χ3v) is 6.44. The Morgan fingerprint density at radius 2 is 1.43 bits per heavy atom. The summed E-state index contributed by atoms with van der Waals surface area (Å²) in [5.41, 5.74) is -0.833. The zero-order valence-corrected chi connectivity index (χ0v) is 19.2. The van der Waals surface area contributed by atoms with Crippen molar-refractivity contribution in [2.45, 2.75) is 63.3 Å². The van der Waals surface area contributed by atoms with Crippen LogP contribution in [0.25, 0.3) is 0 Å². The third kappa shape index (κ3) is 8.38. The molecule has 1 aromatic rings. The normalized spacial score (nSPS) is 22.0. The van der Waals surface area contributed by atoms with E-state index in [-0.39, 0.29) is 37.0 Å². The number of rotatable bonds is 7. The second-order valence-electron chi connectivity index (χ2n) is 9.19. The van der Waals surface area contributed by atoms with Crippen LogP contribution >= 0.6 is 0 Å². The van der Waals surface area contributed by atoms with Crippen molar-refractivity contribution in [2.24, 2.45) is 5.92 Å². The van der Waals surface area contributed by atoms with Gasteiger partial charge in [0.25, 0.3) is 5.91 Å². The van der Waals surface area contributed by atoms with Crippen molar-refractivity contribution >= 4 is 11.8 Å². The van der Waals surface area contributed by atoms with Crippen molar-refractivity contribution in [3.05, 3.63) is 34.9 Å². The van der Waals surface area contributed by atoms with Crippen LogP contribution in [-0.2, 0) is 17.1 Å². The summed E-state index contributed by atoms with van der Waals surface area (Å²) < 4.78 is 78.1.